The number of urea groups is 1. The van der Waals surface area contributed by atoms with E-state index in [-0.39, 0.29) is 12.8 Å². The third kappa shape index (κ3) is 10.9. The van der Waals surface area contributed by atoms with Crippen molar-refractivity contribution in [2.24, 2.45) is 0 Å². The van der Waals surface area contributed by atoms with Gasteiger partial charge in [-0.2, -0.15) is 0 Å². The summed E-state index contributed by atoms with van der Waals surface area (Å²) in [7, 11) is 0. The Hall–Kier alpha value is -1.03. The molecule has 0 aliphatic rings. The normalized spacial score (nSPS) is 10.5. The molecule has 4 nitrogen and oxygen atoms in total. The van der Waals surface area contributed by atoms with Gasteiger partial charge in [-0.05, 0) is 19.3 Å². The van der Waals surface area contributed by atoms with Crippen LogP contribution in [0.4, 0.5) is 4.79 Å². The quantitative estimate of drug-likeness (QED) is 0.327. The minimum Gasteiger partial charge on any atom is -0.376 e. The molecule has 0 heterocycles. The second kappa shape index (κ2) is 11.0. The molecule has 3 N–H and O–H groups in total. The Morgan fingerprint density at radius 2 is 1.93 bits per heavy atom. The molecule has 0 rings (SSSR count). The maximum atomic E-state index is 10.8. The van der Waals surface area contributed by atoms with Crippen LogP contribution in [0.3, 0.4) is 0 Å². The van der Waals surface area contributed by atoms with Gasteiger partial charge in [0.25, 0.3) is 0 Å². The molecule has 0 fully saturated rings. The second-order valence-corrected chi connectivity index (χ2v) is 3.35. The van der Waals surface area contributed by atoms with Gasteiger partial charge in [0.05, 0.1) is 0 Å². The molecule has 0 aromatic carbocycles. The van der Waals surface area contributed by atoms with Crippen molar-refractivity contribution in [1.29, 1.82) is 0 Å². The van der Waals surface area contributed by atoms with Gasteiger partial charge in [-0.15, -0.1) is 0 Å². The number of unbranched alkanes of at least 4 members (excludes halogenated alkanes) is 3. The number of carbonyl (C=O) groups is 1. The average Bonchev–Trinajstić information content (AvgIpc) is 2.22. The van der Waals surface area contributed by atoms with Crippen molar-refractivity contribution in [3.63, 3.8) is 0 Å². The Balaban J connectivity index is 3.19. The van der Waals surface area contributed by atoms with Crippen LogP contribution in [0, 0.1) is 0 Å². The van der Waals surface area contributed by atoms with E-state index in [2.05, 4.69) is 29.7 Å². The third-order valence-electron chi connectivity index (χ3n) is 1.98. The topological polar surface area (TPSA) is 61.4 Å². The number of aliphatic hydroxyl groups excluding tert-OH is 1. The number of carbonyl (C=O) groups excluding carboxylic acids is 1. The van der Waals surface area contributed by atoms with E-state index >= 15 is 0 Å². The first-order valence-corrected chi connectivity index (χ1v) is 5.58. The molecule has 0 bridgehead atoms. The Morgan fingerprint density at radius 3 is 2.60 bits per heavy atom. The fourth-order valence-electron chi connectivity index (χ4n) is 1.15. The van der Waals surface area contributed by atoms with Gasteiger partial charge in [0, 0.05) is 6.54 Å². The zero-order chi connectivity index (χ0) is 11.4. The van der Waals surface area contributed by atoms with Crippen molar-refractivity contribution in [2.75, 3.05) is 13.3 Å². The zero-order valence-corrected chi connectivity index (χ0v) is 9.46. The van der Waals surface area contributed by atoms with Gasteiger partial charge in [0.2, 0.25) is 0 Å². The lowest BCUT2D eigenvalue weighted by molar-refractivity contribution is 0.218. The fourth-order valence-corrected chi connectivity index (χ4v) is 1.15. The van der Waals surface area contributed by atoms with Crippen LogP contribution in [0.25, 0.3) is 0 Å². The van der Waals surface area contributed by atoms with E-state index in [1.807, 2.05) is 0 Å². The summed E-state index contributed by atoms with van der Waals surface area (Å²) in [5, 5.41) is 13.2. The largest absolute Gasteiger partial charge is 0.376 e. The second-order valence-electron chi connectivity index (χ2n) is 3.35. The third-order valence-corrected chi connectivity index (χ3v) is 1.98. The maximum absolute atomic E-state index is 10.8. The zero-order valence-electron chi connectivity index (χ0n) is 9.46. The highest BCUT2D eigenvalue weighted by Crippen LogP contribution is 1.99. The highest BCUT2D eigenvalue weighted by molar-refractivity contribution is 5.73. The maximum Gasteiger partial charge on any atom is 0.316 e. The van der Waals surface area contributed by atoms with Gasteiger partial charge in [-0.1, -0.05) is 31.9 Å². The predicted molar refractivity (Wildman–Crippen MR) is 61.5 cm³/mol. The fraction of sp³-hybridized carbons (Fsp3) is 0.727. The number of hydrogen-bond acceptors (Lipinski definition) is 2. The smallest absolute Gasteiger partial charge is 0.316 e. The van der Waals surface area contributed by atoms with Crippen molar-refractivity contribution >= 4 is 6.03 Å². The highest BCUT2D eigenvalue weighted by Gasteiger charge is 1.93. The monoisotopic (exact) mass is 214 g/mol. The number of amides is 2. The van der Waals surface area contributed by atoms with Gasteiger partial charge in [-0.3, -0.25) is 0 Å². The Labute approximate surface area is 91.8 Å². The molecule has 0 saturated heterocycles. The molecule has 88 valence electrons. The molecular formula is C11H22N2O2. The summed E-state index contributed by atoms with van der Waals surface area (Å²) in [5.74, 6) is 0. The molecule has 0 spiro atoms. The molecule has 0 aromatic rings. The summed E-state index contributed by atoms with van der Waals surface area (Å²) in [6.07, 6.45) is 9.96. The summed E-state index contributed by atoms with van der Waals surface area (Å²) in [6.45, 7) is 2.47. The first-order valence-electron chi connectivity index (χ1n) is 5.58. The number of rotatable bonds is 8. The highest BCUT2D eigenvalue weighted by atomic mass is 16.3. The van der Waals surface area contributed by atoms with Crippen molar-refractivity contribution in [2.45, 2.75) is 39.0 Å². The van der Waals surface area contributed by atoms with Gasteiger partial charge in [0.15, 0.2) is 0 Å². The summed E-state index contributed by atoms with van der Waals surface area (Å²) in [4.78, 5) is 10.8. The summed E-state index contributed by atoms with van der Waals surface area (Å²) >= 11 is 0. The van der Waals surface area contributed by atoms with Crippen LogP contribution in [0.1, 0.15) is 39.0 Å². The Morgan fingerprint density at radius 1 is 1.20 bits per heavy atom. The SMILES string of the molecule is CCCCC/C=C/CCNC(=O)NCO. The van der Waals surface area contributed by atoms with E-state index in [4.69, 9.17) is 5.11 Å². The number of aliphatic hydroxyl groups is 1. The number of allylic oxidation sites excluding steroid dienone is 1. The van der Waals surface area contributed by atoms with E-state index in [1.54, 1.807) is 0 Å². The number of hydrogen-bond donors (Lipinski definition) is 3. The van der Waals surface area contributed by atoms with E-state index in [9.17, 15) is 4.79 Å². The van der Waals surface area contributed by atoms with Gasteiger partial charge >= 0.3 is 6.03 Å². The van der Waals surface area contributed by atoms with Crippen LogP contribution in [0.5, 0.6) is 0 Å². The average molecular weight is 214 g/mol. The minimum absolute atomic E-state index is 0.321. The Bertz CT molecular complexity index is 181. The van der Waals surface area contributed by atoms with Crippen LogP contribution >= 0.6 is 0 Å². The number of nitrogens with one attached hydrogen (secondary N) is 2. The first-order chi connectivity index (χ1) is 7.31. The molecule has 0 aliphatic heterocycles. The van der Waals surface area contributed by atoms with E-state index < -0.39 is 0 Å². The molecule has 0 radical (unpaired) electrons. The van der Waals surface area contributed by atoms with Crippen molar-refractivity contribution in [1.82, 2.24) is 10.6 Å². The van der Waals surface area contributed by atoms with Crippen LogP contribution in [0.2, 0.25) is 0 Å². The van der Waals surface area contributed by atoms with Crippen molar-refractivity contribution in [3.05, 3.63) is 12.2 Å². The Kier molecular flexibility index (Phi) is 10.3. The van der Waals surface area contributed by atoms with Gasteiger partial charge < -0.3 is 15.7 Å². The first kappa shape index (κ1) is 14.0. The molecule has 0 aliphatic carbocycles. The lowest BCUT2D eigenvalue weighted by Crippen LogP contribution is -2.36. The molecule has 0 aromatic heterocycles. The van der Waals surface area contributed by atoms with Crippen LogP contribution in [-0.4, -0.2) is 24.4 Å². The van der Waals surface area contributed by atoms with Gasteiger partial charge in [0.1, 0.15) is 6.73 Å². The summed E-state index contributed by atoms with van der Waals surface area (Å²) in [5.41, 5.74) is 0. The molecule has 2 amide bonds. The summed E-state index contributed by atoms with van der Waals surface area (Å²) in [6, 6.07) is -0.322. The standard InChI is InChI=1S/C11H22N2O2/c1-2-3-4-5-6-7-8-9-12-11(15)13-10-14/h6-7,14H,2-5,8-10H2,1H3,(H2,12,13,15)/b7-6+. The lowest BCUT2D eigenvalue weighted by Gasteiger charge is -2.02. The molecule has 0 atom stereocenters. The lowest BCUT2D eigenvalue weighted by atomic mass is 10.2. The summed E-state index contributed by atoms with van der Waals surface area (Å²) < 4.78 is 0. The molecular weight excluding hydrogens is 192 g/mol. The van der Waals surface area contributed by atoms with E-state index in [0.29, 0.717) is 6.54 Å². The van der Waals surface area contributed by atoms with Crippen LogP contribution < -0.4 is 10.6 Å². The van der Waals surface area contributed by atoms with Crippen LogP contribution in [0.15, 0.2) is 12.2 Å². The minimum atomic E-state index is -0.322. The molecule has 0 saturated carbocycles. The van der Waals surface area contributed by atoms with Gasteiger partial charge in [-0.25, -0.2) is 4.79 Å². The predicted octanol–water partition coefficient (Wildman–Crippen LogP) is 1.76. The van der Waals surface area contributed by atoms with E-state index in [1.165, 1.54) is 19.3 Å². The van der Waals surface area contributed by atoms with Crippen LogP contribution in [-0.2, 0) is 0 Å². The van der Waals surface area contributed by atoms with Crippen molar-refractivity contribution in [3.8, 4) is 0 Å². The molecule has 4 heteroatoms. The van der Waals surface area contributed by atoms with E-state index in [0.717, 1.165) is 12.8 Å². The molecule has 15 heavy (non-hydrogen) atoms. The molecule has 0 unspecified atom stereocenters. The van der Waals surface area contributed by atoms with Crippen molar-refractivity contribution < 1.29 is 9.90 Å².